The van der Waals surface area contributed by atoms with Gasteiger partial charge in [0.05, 0.1) is 0 Å². The van der Waals surface area contributed by atoms with Crippen LogP contribution in [0.2, 0.25) is 0 Å². The minimum atomic E-state index is -0.0833. The maximum atomic E-state index is 12.2. The fraction of sp³-hybridized carbons (Fsp3) is 0.500. The Morgan fingerprint density at radius 2 is 1.86 bits per heavy atom. The summed E-state index contributed by atoms with van der Waals surface area (Å²) in [5.74, 6) is 0.529. The van der Waals surface area contributed by atoms with Gasteiger partial charge in [-0.05, 0) is 43.2 Å². The zero-order valence-corrected chi connectivity index (χ0v) is 13.3. The van der Waals surface area contributed by atoms with Crippen molar-refractivity contribution < 1.29 is 4.79 Å². The van der Waals surface area contributed by atoms with Crippen molar-refractivity contribution in [1.29, 1.82) is 0 Å². The molecule has 21 heavy (non-hydrogen) atoms. The van der Waals surface area contributed by atoms with Gasteiger partial charge in [0, 0.05) is 16.7 Å². The van der Waals surface area contributed by atoms with Crippen LogP contribution in [0, 0.1) is 23.7 Å². The fourth-order valence-electron chi connectivity index (χ4n) is 3.78. The van der Waals surface area contributed by atoms with Gasteiger partial charge in [-0.1, -0.05) is 44.5 Å². The average molecular weight is 284 g/mol. The highest BCUT2D eigenvalue weighted by atomic mass is 16.2. The second-order valence-corrected chi connectivity index (χ2v) is 7.22. The van der Waals surface area contributed by atoms with Crippen molar-refractivity contribution in [3.05, 3.63) is 47.2 Å². The van der Waals surface area contributed by atoms with E-state index in [0.717, 1.165) is 5.56 Å². The third kappa shape index (κ3) is 2.06. The Morgan fingerprint density at radius 3 is 2.38 bits per heavy atom. The lowest BCUT2D eigenvalue weighted by molar-refractivity contribution is 0.0926. The number of fused-ring (bicyclic) bond motifs is 2. The van der Waals surface area contributed by atoms with Crippen molar-refractivity contribution in [3.63, 3.8) is 0 Å². The highest BCUT2D eigenvalue weighted by Crippen LogP contribution is 2.64. The minimum absolute atomic E-state index is 0.0833. The van der Waals surface area contributed by atoms with Gasteiger partial charge in [0.1, 0.15) is 0 Å². The number of rotatable bonds is 3. The number of hydrazine groups is 1. The molecule has 0 unspecified atom stereocenters. The molecule has 1 aromatic carbocycles. The average Bonchev–Trinajstić information content (AvgIpc) is 2.78. The third-order valence-corrected chi connectivity index (χ3v) is 5.89. The largest absolute Gasteiger partial charge is 0.302 e. The van der Waals surface area contributed by atoms with Crippen molar-refractivity contribution in [1.82, 2.24) is 10.9 Å². The van der Waals surface area contributed by atoms with Crippen LogP contribution in [-0.2, 0) is 0 Å². The molecule has 1 amide bonds. The van der Waals surface area contributed by atoms with Gasteiger partial charge in [0.15, 0.2) is 0 Å². The lowest BCUT2D eigenvalue weighted by Gasteiger charge is -2.37. The Balaban J connectivity index is 1.68. The Bertz CT molecular complexity index is 600. The van der Waals surface area contributed by atoms with Crippen LogP contribution in [0.15, 0.2) is 36.0 Å². The minimum Gasteiger partial charge on any atom is -0.302 e. The quantitative estimate of drug-likeness (QED) is 0.833. The predicted octanol–water partition coefficient (Wildman–Crippen LogP) is 3.57. The number of aryl methyl sites for hydroxylation is 1. The smallest absolute Gasteiger partial charge is 0.269 e. The van der Waals surface area contributed by atoms with Crippen molar-refractivity contribution in [2.24, 2.45) is 16.7 Å². The van der Waals surface area contributed by atoms with E-state index in [9.17, 15) is 4.79 Å². The van der Waals surface area contributed by atoms with E-state index >= 15 is 0 Å². The van der Waals surface area contributed by atoms with Crippen molar-refractivity contribution >= 4 is 5.91 Å². The number of hydrogen-bond donors (Lipinski definition) is 2. The van der Waals surface area contributed by atoms with Gasteiger partial charge in [-0.3, -0.25) is 10.2 Å². The number of hydrogen-bond acceptors (Lipinski definition) is 2. The summed E-state index contributed by atoms with van der Waals surface area (Å²) < 4.78 is 0. The number of amides is 1. The summed E-state index contributed by atoms with van der Waals surface area (Å²) in [5.41, 5.74) is 9.45. The molecule has 2 atom stereocenters. The Kier molecular flexibility index (Phi) is 3.12. The summed E-state index contributed by atoms with van der Waals surface area (Å²) in [5, 5.41) is 0. The van der Waals surface area contributed by atoms with Crippen molar-refractivity contribution in [2.75, 3.05) is 0 Å². The van der Waals surface area contributed by atoms with Crippen LogP contribution < -0.4 is 10.9 Å². The highest BCUT2D eigenvalue weighted by molar-refractivity contribution is 5.93. The molecule has 3 nitrogen and oxygen atoms in total. The van der Waals surface area contributed by atoms with E-state index in [1.54, 1.807) is 0 Å². The Labute approximate surface area is 126 Å². The van der Waals surface area contributed by atoms with Crippen LogP contribution in [0.3, 0.4) is 0 Å². The molecule has 2 aliphatic carbocycles. The van der Waals surface area contributed by atoms with E-state index in [4.69, 9.17) is 0 Å². The topological polar surface area (TPSA) is 41.1 Å². The molecule has 1 saturated carbocycles. The SMILES string of the molecule is Cc1ccc(C(=O)NNC2=C[C@H]3CC[C@@]2(C)C3(C)C)cc1. The summed E-state index contributed by atoms with van der Waals surface area (Å²) >= 11 is 0. The van der Waals surface area contributed by atoms with Gasteiger partial charge >= 0.3 is 0 Å². The van der Waals surface area contributed by atoms with Crippen LogP contribution in [-0.4, -0.2) is 5.91 Å². The molecule has 112 valence electrons. The normalized spacial score (nSPS) is 29.1. The third-order valence-electron chi connectivity index (χ3n) is 5.89. The monoisotopic (exact) mass is 284 g/mol. The lowest BCUT2D eigenvalue weighted by atomic mass is 9.69. The van der Waals surface area contributed by atoms with Crippen LogP contribution in [0.1, 0.15) is 49.5 Å². The van der Waals surface area contributed by atoms with Gasteiger partial charge in [-0.25, -0.2) is 0 Å². The van der Waals surface area contributed by atoms with E-state index in [2.05, 4.69) is 37.7 Å². The molecular weight excluding hydrogens is 260 g/mol. The molecule has 1 fully saturated rings. The summed E-state index contributed by atoms with van der Waals surface area (Å²) in [6.45, 7) is 8.98. The molecule has 2 aliphatic rings. The molecular formula is C18H24N2O. The van der Waals surface area contributed by atoms with Crippen LogP contribution >= 0.6 is 0 Å². The van der Waals surface area contributed by atoms with Crippen LogP contribution in [0.4, 0.5) is 0 Å². The highest BCUT2D eigenvalue weighted by Gasteiger charge is 2.57. The molecule has 1 aromatic rings. The maximum Gasteiger partial charge on any atom is 0.269 e. The molecule has 0 aliphatic heterocycles. The van der Waals surface area contributed by atoms with Gasteiger partial charge in [0.25, 0.3) is 5.91 Å². The molecule has 0 radical (unpaired) electrons. The molecule has 0 saturated heterocycles. The number of nitrogens with one attached hydrogen (secondary N) is 2. The van der Waals surface area contributed by atoms with Gasteiger partial charge in [0.2, 0.25) is 0 Å². The summed E-state index contributed by atoms with van der Waals surface area (Å²) in [7, 11) is 0. The van der Waals surface area contributed by atoms with E-state index in [1.165, 1.54) is 18.5 Å². The number of carbonyl (C=O) groups is 1. The van der Waals surface area contributed by atoms with E-state index in [1.807, 2.05) is 31.2 Å². The summed E-state index contributed by atoms with van der Waals surface area (Å²) in [6, 6.07) is 7.62. The lowest BCUT2D eigenvalue weighted by Crippen LogP contribution is -2.43. The molecule has 0 aromatic heterocycles. The zero-order valence-electron chi connectivity index (χ0n) is 13.3. The molecule has 2 N–H and O–H groups in total. The fourth-order valence-corrected chi connectivity index (χ4v) is 3.78. The second kappa shape index (κ2) is 4.62. The Morgan fingerprint density at radius 1 is 1.19 bits per heavy atom. The maximum absolute atomic E-state index is 12.2. The first-order valence-corrected chi connectivity index (χ1v) is 7.70. The van der Waals surface area contributed by atoms with E-state index < -0.39 is 0 Å². The van der Waals surface area contributed by atoms with E-state index in [-0.39, 0.29) is 16.7 Å². The second-order valence-electron chi connectivity index (χ2n) is 7.22. The van der Waals surface area contributed by atoms with Crippen molar-refractivity contribution in [2.45, 2.75) is 40.5 Å². The molecule has 3 heteroatoms. The van der Waals surface area contributed by atoms with Crippen molar-refractivity contribution in [3.8, 4) is 0 Å². The van der Waals surface area contributed by atoms with Gasteiger partial charge < -0.3 is 5.43 Å². The summed E-state index contributed by atoms with van der Waals surface area (Å²) in [6.07, 6.45) is 4.74. The van der Waals surface area contributed by atoms with Crippen LogP contribution in [0.25, 0.3) is 0 Å². The molecule has 2 bridgehead atoms. The standard InChI is InChI=1S/C18H24N2O/c1-12-5-7-13(8-6-12)16(21)20-19-15-11-14-9-10-18(15,4)17(14,2)3/h5-8,11,14,19H,9-10H2,1-4H3,(H,20,21)/t14-,18-/m1/s1. The van der Waals surface area contributed by atoms with Gasteiger partial charge in [-0.15, -0.1) is 0 Å². The molecule has 0 heterocycles. The first kappa shape index (κ1) is 14.2. The van der Waals surface area contributed by atoms with Gasteiger partial charge in [-0.2, -0.15) is 0 Å². The first-order chi connectivity index (χ1) is 9.84. The predicted molar refractivity (Wildman–Crippen MR) is 84.5 cm³/mol. The number of allylic oxidation sites excluding steroid dienone is 2. The first-order valence-electron chi connectivity index (χ1n) is 7.70. The van der Waals surface area contributed by atoms with E-state index in [0.29, 0.717) is 11.5 Å². The summed E-state index contributed by atoms with van der Waals surface area (Å²) in [4.78, 5) is 12.2. The molecule has 3 rings (SSSR count). The number of carbonyl (C=O) groups excluding carboxylic acids is 1. The van der Waals surface area contributed by atoms with Crippen LogP contribution in [0.5, 0.6) is 0 Å². The number of benzene rings is 1. The Hall–Kier alpha value is -1.77. The molecule has 0 spiro atoms. The zero-order chi connectivity index (χ0) is 15.3.